The van der Waals surface area contributed by atoms with Gasteiger partial charge in [0.2, 0.25) is 0 Å². The third kappa shape index (κ3) is 4.22. The molecule has 26 heavy (non-hydrogen) atoms. The number of carbonyl (C=O) groups is 3. The number of hydrogen-bond donors (Lipinski definition) is 1. The lowest BCUT2D eigenvalue weighted by atomic mass is 9.99. The topological polar surface area (TPSA) is 77.4 Å². The van der Waals surface area contributed by atoms with Crippen molar-refractivity contribution >= 4 is 28.6 Å². The number of hydrogen-bond acceptors (Lipinski definition) is 4. The second kappa shape index (κ2) is 7.59. The van der Waals surface area contributed by atoms with E-state index >= 15 is 0 Å². The molecule has 1 aromatic heterocycles. The van der Waals surface area contributed by atoms with E-state index < -0.39 is 29.9 Å². The number of amides is 1. The minimum atomic E-state index is -5.14. The van der Waals surface area contributed by atoms with Crippen LogP contribution in [0.25, 0.3) is 10.9 Å². The molecule has 9 heteroatoms. The maximum atomic E-state index is 12.8. The van der Waals surface area contributed by atoms with Crippen LogP contribution in [0.1, 0.15) is 23.2 Å². The summed E-state index contributed by atoms with van der Waals surface area (Å²) in [6, 6.07) is 5.36. The van der Waals surface area contributed by atoms with Gasteiger partial charge in [0.05, 0.1) is 13.2 Å². The summed E-state index contributed by atoms with van der Waals surface area (Å²) >= 11 is 0. The van der Waals surface area contributed by atoms with Crippen LogP contribution in [0.3, 0.4) is 0 Å². The largest absolute Gasteiger partial charge is 0.471 e. The van der Waals surface area contributed by atoms with Gasteiger partial charge in [0.25, 0.3) is 0 Å². The maximum absolute atomic E-state index is 12.8. The molecule has 1 heterocycles. The third-order valence-corrected chi connectivity index (χ3v) is 3.91. The molecule has 0 saturated carbocycles. The number of rotatable bonds is 6. The van der Waals surface area contributed by atoms with Gasteiger partial charge in [0.15, 0.2) is 5.78 Å². The van der Waals surface area contributed by atoms with Crippen molar-refractivity contribution < 1.29 is 32.3 Å². The highest BCUT2D eigenvalue weighted by Crippen LogP contribution is 2.23. The zero-order chi connectivity index (χ0) is 19.5. The quantitative estimate of drug-likeness (QED) is 0.626. The van der Waals surface area contributed by atoms with Crippen LogP contribution >= 0.6 is 0 Å². The zero-order valence-electron chi connectivity index (χ0n) is 14.1. The minimum Gasteiger partial charge on any atom is -0.469 e. The average Bonchev–Trinajstić information content (AvgIpc) is 2.93. The van der Waals surface area contributed by atoms with Crippen molar-refractivity contribution in [3.05, 3.63) is 36.0 Å². The van der Waals surface area contributed by atoms with Crippen LogP contribution in [0.5, 0.6) is 0 Å². The molecule has 0 bridgehead atoms. The summed E-state index contributed by atoms with van der Waals surface area (Å²) in [6.45, 7) is 0. The number of para-hydroxylation sites is 1. The molecular formula is C17H17F3N2O4. The number of Topliss-reactive ketones (excluding diaryl/α,β-unsaturated/α-hetero) is 1. The second-order valence-corrected chi connectivity index (χ2v) is 5.67. The summed E-state index contributed by atoms with van der Waals surface area (Å²) < 4.78 is 43.8. The van der Waals surface area contributed by atoms with E-state index in [2.05, 4.69) is 4.74 Å². The van der Waals surface area contributed by atoms with E-state index in [1.54, 1.807) is 41.2 Å². The van der Waals surface area contributed by atoms with Crippen LogP contribution in [-0.2, 0) is 21.4 Å². The van der Waals surface area contributed by atoms with Crippen LogP contribution < -0.4 is 5.32 Å². The normalized spacial score (nSPS) is 12.7. The second-order valence-electron chi connectivity index (χ2n) is 5.67. The highest BCUT2D eigenvalue weighted by Gasteiger charge is 2.41. The van der Waals surface area contributed by atoms with Crippen LogP contribution in [0.2, 0.25) is 0 Å². The van der Waals surface area contributed by atoms with Gasteiger partial charge in [0, 0.05) is 36.1 Å². The molecule has 1 N–H and O–H groups in total. The van der Waals surface area contributed by atoms with Gasteiger partial charge in [0.1, 0.15) is 0 Å². The Morgan fingerprint density at radius 3 is 2.50 bits per heavy atom. The van der Waals surface area contributed by atoms with Crippen LogP contribution in [0.15, 0.2) is 30.5 Å². The van der Waals surface area contributed by atoms with Gasteiger partial charge in [-0.05, 0) is 12.5 Å². The first kappa shape index (κ1) is 19.5. The minimum absolute atomic E-state index is 0.167. The number of halogens is 3. The van der Waals surface area contributed by atoms with E-state index in [0.717, 1.165) is 7.11 Å². The standard InChI is InChI=1S/C17H17F3N2O4/c1-22-9-11(10-5-3-4-6-13(10)22)15(24)12(7-8-14(23)26-2)21-16(25)17(18,19)20/h3-6,9,12H,7-8H2,1-2H3,(H,21,25)/t12-/m0/s1. The highest BCUT2D eigenvalue weighted by atomic mass is 19.4. The summed E-state index contributed by atoms with van der Waals surface area (Å²) in [5.74, 6) is -3.63. The average molecular weight is 370 g/mol. The molecule has 140 valence electrons. The molecule has 0 aliphatic heterocycles. The van der Waals surface area contributed by atoms with Gasteiger partial charge in [-0.2, -0.15) is 13.2 Å². The smallest absolute Gasteiger partial charge is 0.469 e. The summed E-state index contributed by atoms with van der Waals surface area (Å²) in [5, 5.41) is 2.22. The van der Waals surface area contributed by atoms with E-state index in [9.17, 15) is 27.6 Å². The summed E-state index contributed by atoms with van der Waals surface area (Å²) in [7, 11) is 2.81. The molecule has 1 atom stereocenters. The number of fused-ring (bicyclic) bond motifs is 1. The fraction of sp³-hybridized carbons (Fsp3) is 0.353. The first-order valence-electron chi connectivity index (χ1n) is 7.68. The van der Waals surface area contributed by atoms with E-state index in [1.807, 2.05) is 0 Å². The zero-order valence-corrected chi connectivity index (χ0v) is 14.1. The van der Waals surface area contributed by atoms with Gasteiger partial charge in [-0.15, -0.1) is 0 Å². The van der Waals surface area contributed by atoms with E-state index in [-0.39, 0.29) is 18.4 Å². The number of aryl methyl sites for hydroxylation is 1. The van der Waals surface area contributed by atoms with Crippen LogP contribution in [-0.4, -0.2) is 41.6 Å². The van der Waals surface area contributed by atoms with Crippen molar-refractivity contribution in [3.63, 3.8) is 0 Å². The molecule has 0 fully saturated rings. The number of benzene rings is 1. The van der Waals surface area contributed by atoms with Gasteiger partial charge < -0.3 is 14.6 Å². The SMILES string of the molecule is COC(=O)CC[C@H](NC(=O)C(F)(F)F)C(=O)c1cn(C)c2ccccc12. The molecule has 0 aliphatic rings. The fourth-order valence-corrected chi connectivity index (χ4v) is 2.60. The summed E-state index contributed by atoms with van der Waals surface area (Å²) in [5.41, 5.74) is 0.880. The van der Waals surface area contributed by atoms with E-state index in [0.29, 0.717) is 10.9 Å². The predicted octanol–water partition coefficient (Wildman–Crippen LogP) is 2.36. The fourth-order valence-electron chi connectivity index (χ4n) is 2.60. The number of ether oxygens (including phenoxy) is 1. The van der Waals surface area contributed by atoms with Crippen LogP contribution in [0.4, 0.5) is 13.2 Å². The molecule has 1 amide bonds. The van der Waals surface area contributed by atoms with Crippen LogP contribution in [0, 0.1) is 0 Å². The Morgan fingerprint density at radius 1 is 1.23 bits per heavy atom. The Kier molecular flexibility index (Phi) is 5.69. The molecule has 0 aliphatic carbocycles. The number of aromatic nitrogens is 1. The monoisotopic (exact) mass is 370 g/mol. The number of nitrogens with zero attached hydrogens (tertiary/aromatic N) is 1. The first-order chi connectivity index (χ1) is 12.1. The van der Waals surface area contributed by atoms with Gasteiger partial charge in [-0.1, -0.05) is 18.2 Å². The molecule has 2 rings (SSSR count). The molecule has 0 radical (unpaired) electrons. The van der Waals surface area contributed by atoms with Crippen molar-refractivity contribution in [2.75, 3.05) is 7.11 Å². The molecule has 0 unspecified atom stereocenters. The molecule has 6 nitrogen and oxygen atoms in total. The lowest BCUT2D eigenvalue weighted by Crippen LogP contribution is -2.47. The van der Waals surface area contributed by atoms with Crippen molar-refractivity contribution in [3.8, 4) is 0 Å². The number of ketones is 1. The third-order valence-electron chi connectivity index (χ3n) is 3.91. The Bertz CT molecular complexity index is 842. The Hall–Kier alpha value is -2.84. The summed E-state index contributed by atoms with van der Waals surface area (Å²) in [4.78, 5) is 35.4. The Labute approximate surface area is 146 Å². The highest BCUT2D eigenvalue weighted by molar-refractivity contribution is 6.11. The number of alkyl halides is 3. The Morgan fingerprint density at radius 2 is 1.88 bits per heavy atom. The van der Waals surface area contributed by atoms with Gasteiger partial charge in [-0.25, -0.2) is 0 Å². The predicted molar refractivity (Wildman–Crippen MR) is 86.5 cm³/mol. The first-order valence-corrected chi connectivity index (χ1v) is 7.68. The van der Waals surface area contributed by atoms with Crippen molar-refractivity contribution in [1.29, 1.82) is 0 Å². The van der Waals surface area contributed by atoms with Gasteiger partial charge >= 0.3 is 18.1 Å². The van der Waals surface area contributed by atoms with Gasteiger partial charge in [-0.3, -0.25) is 14.4 Å². The number of esters is 1. The molecular weight excluding hydrogens is 353 g/mol. The lowest BCUT2D eigenvalue weighted by molar-refractivity contribution is -0.174. The maximum Gasteiger partial charge on any atom is 0.471 e. The Balaban J connectivity index is 2.34. The molecule has 2 aromatic rings. The van der Waals surface area contributed by atoms with Crippen molar-refractivity contribution in [1.82, 2.24) is 9.88 Å². The van der Waals surface area contributed by atoms with Crippen molar-refractivity contribution in [2.45, 2.75) is 25.1 Å². The van der Waals surface area contributed by atoms with Crippen molar-refractivity contribution in [2.24, 2.45) is 7.05 Å². The molecule has 1 aromatic carbocycles. The summed E-state index contributed by atoms with van der Waals surface area (Å²) in [6.07, 6.45) is -4.27. The van der Waals surface area contributed by atoms with E-state index in [1.165, 1.54) is 6.20 Å². The molecule has 0 spiro atoms. The number of nitrogens with one attached hydrogen (secondary N) is 1. The lowest BCUT2D eigenvalue weighted by Gasteiger charge is -2.18. The molecule has 0 saturated heterocycles. The number of methoxy groups -OCH3 is 1. The van der Waals surface area contributed by atoms with E-state index in [4.69, 9.17) is 0 Å². The number of carbonyl (C=O) groups excluding carboxylic acids is 3.